The van der Waals surface area contributed by atoms with Crippen LogP contribution >= 0.6 is 0 Å². The molecule has 1 aliphatic heterocycles. The van der Waals surface area contributed by atoms with E-state index in [0.29, 0.717) is 24.8 Å². The van der Waals surface area contributed by atoms with Crippen molar-refractivity contribution in [2.45, 2.75) is 12.8 Å². The van der Waals surface area contributed by atoms with Gasteiger partial charge in [-0.15, -0.1) is 0 Å². The summed E-state index contributed by atoms with van der Waals surface area (Å²) in [6.45, 7) is 0.992. The third-order valence-electron chi connectivity index (χ3n) is 2.23. The van der Waals surface area contributed by atoms with E-state index in [9.17, 15) is 0 Å². The van der Waals surface area contributed by atoms with Crippen molar-refractivity contribution in [1.29, 1.82) is 0 Å². The SMILES string of the molecule is C1CCOc2nonc2NNc2nonc2OC1. The van der Waals surface area contributed by atoms with Gasteiger partial charge in [-0.1, -0.05) is 0 Å². The van der Waals surface area contributed by atoms with Gasteiger partial charge in [0.2, 0.25) is 0 Å². The lowest BCUT2D eigenvalue weighted by molar-refractivity contribution is 0.228. The topological polar surface area (TPSA) is 120 Å². The van der Waals surface area contributed by atoms with Gasteiger partial charge in [-0.25, -0.2) is 9.26 Å². The second-order valence-electron chi connectivity index (χ2n) is 3.49. The van der Waals surface area contributed by atoms with Gasteiger partial charge in [0.05, 0.1) is 13.2 Å². The van der Waals surface area contributed by atoms with Gasteiger partial charge in [0, 0.05) is 0 Å². The van der Waals surface area contributed by atoms with E-state index in [1.165, 1.54) is 0 Å². The highest BCUT2D eigenvalue weighted by Gasteiger charge is 2.16. The zero-order valence-electron chi connectivity index (χ0n) is 9.25. The zero-order chi connectivity index (χ0) is 12.2. The van der Waals surface area contributed by atoms with E-state index in [0.717, 1.165) is 12.8 Å². The van der Waals surface area contributed by atoms with Gasteiger partial charge in [0.1, 0.15) is 0 Å². The molecule has 0 saturated heterocycles. The Balaban J connectivity index is 1.80. The molecule has 0 unspecified atom stereocenters. The molecule has 3 rings (SSSR count). The van der Waals surface area contributed by atoms with E-state index in [1.807, 2.05) is 0 Å². The Kier molecular flexibility index (Phi) is 2.82. The molecule has 2 N–H and O–H groups in total. The second-order valence-corrected chi connectivity index (χ2v) is 3.49. The Hall–Kier alpha value is -2.52. The van der Waals surface area contributed by atoms with Crippen LogP contribution in [0.4, 0.5) is 11.6 Å². The van der Waals surface area contributed by atoms with Crippen LogP contribution in [0, 0.1) is 0 Å². The number of anilines is 2. The summed E-state index contributed by atoms with van der Waals surface area (Å²) in [7, 11) is 0. The van der Waals surface area contributed by atoms with Gasteiger partial charge in [-0.3, -0.25) is 10.9 Å². The molecule has 2 aromatic heterocycles. The zero-order valence-corrected chi connectivity index (χ0v) is 9.25. The van der Waals surface area contributed by atoms with Gasteiger partial charge in [-0.05, 0) is 33.5 Å². The monoisotopic (exact) mass is 254 g/mol. The first kappa shape index (κ1) is 10.6. The fourth-order valence-electron chi connectivity index (χ4n) is 1.36. The minimum absolute atomic E-state index is 0.280. The summed E-state index contributed by atoms with van der Waals surface area (Å²) in [5.74, 6) is 1.18. The molecule has 18 heavy (non-hydrogen) atoms. The lowest BCUT2D eigenvalue weighted by Crippen LogP contribution is -2.13. The minimum Gasteiger partial charge on any atom is -0.473 e. The van der Waals surface area contributed by atoms with E-state index in [-0.39, 0.29) is 11.8 Å². The van der Waals surface area contributed by atoms with Gasteiger partial charge < -0.3 is 9.47 Å². The first-order valence-electron chi connectivity index (χ1n) is 5.36. The van der Waals surface area contributed by atoms with Crippen LogP contribution < -0.4 is 20.3 Å². The Morgan fingerprint density at radius 1 is 0.722 bits per heavy atom. The highest BCUT2D eigenvalue weighted by molar-refractivity contribution is 5.52. The lowest BCUT2D eigenvalue weighted by Gasteiger charge is -2.09. The van der Waals surface area contributed by atoms with Crippen molar-refractivity contribution in [3.05, 3.63) is 0 Å². The van der Waals surface area contributed by atoms with Crippen LogP contribution in [0.2, 0.25) is 0 Å². The standard InChI is InChI=1S/C8H10N6O4/c1-2-4-16-8-6(12-18-14-8)10-9-5-7(15-3-1)13-17-11-5/h1-4H2,(H,9,11)(H,10,12). The Morgan fingerprint density at radius 3 is 1.72 bits per heavy atom. The van der Waals surface area contributed by atoms with Crippen LogP contribution in [-0.2, 0) is 0 Å². The number of aromatic nitrogens is 4. The number of hydrazine groups is 1. The van der Waals surface area contributed by atoms with E-state index in [1.54, 1.807) is 0 Å². The predicted molar refractivity (Wildman–Crippen MR) is 56.1 cm³/mol. The highest BCUT2D eigenvalue weighted by Crippen LogP contribution is 2.23. The van der Waals surface area contributed by atoms with Gasteiger partial charge >= 0.3 is 11.8 Å². The number of ether oxygens (including phenoxy) is 2. The van der Waals surface area contributed by atoms with Crippen molar-refractivity contribution >= 4 is 11.6 Å². The van der Waals surface area contributed by atoms with Crippen molar-refractivity contribution in [2.75, 3.05) is 24.1 Å². The minimum atomic E-state index is 0.280. The van der Waals surface area contributed by atoms with Crippen LogP contribution in [0.5, 0.6) is 11.8 Å². The summed E-state index contributed by atoms with van der Waals surface area (Å²) in [5, 5.41) is 14.5. The third kappa shape index (κ3) is 2.12. The predicted octanol–water partition coefficient (Wildman–Crippen LogP) is 0.443. The first-order valence-corrected chi connectivity index (χ1v) is 5.36. The van der Waals surface area contributed by atoms with Gasteiger partial charge in [0.25, 0.3) is 11.6 Å². The molecule has 0 radical (unpaired) electrons. The Morgan fingerprint density at radius 2 is 1.22 bits per heavy atom. The molecule has 0 atom stereocenters. The van der Waals surface area contributed by atoms with E-state index < -0.39 is 0 Å². The molecule has 0 bridgehead atoms. The molecule has 0 fully saturated rings. The Labute approximate surface area is 101 Å². The molecule has 1 aliphatic rings. The van der Waals surface area contributed by atoms with Crippen LogP contribution in [0.15, 0.2) is 9.26 Å². The molecule has 0 aliphatic carbocycles. The quantitative estimate of drug-likeness (QED) is 0.684. The molecule has 10 nitrogen and oxygen atoms in total. The Bertz CT molecular complexity index is 465. The van der Waals surface area contributed by atoms with Gasteiger partial charge in [0.15, 0.2) is 0 Å². The van der Waals surface area contributed by atoms with E-state index >= 15 is 0 Å². The number of nitrogens with zero attached hydrogens (tertiary/aromatic N) is 4. The summed E-state index contributed by atoms with van der Waals surface area (Å²) in [6.07, 6.45) is 1.61. The molecule has 0 aromatic carbocycles. The summed E-state index contributed by atoms with van der Waals surface area (Å²) in [6, 6.07) is 0. The number of fused-ring (bicyclic) bond motifs is 2. The smallest absolute Gasteiger partial charge is 0.302 e. The van der Waals surface area contributed by atoms with E-state index in [2.05, 4.69) is 40.7 Å². The fourth-order valence-corrected chi connectivity index (χ4v) is 1.36. The summed E-state index contributed by atoms with van der Waals surface area (Å²) >= 11 is 0. The molecule has 0 spiro atoms. The number of nitrogens with one attached hydrogen (secondary N) is 2. The molecule has 3 heterocycles. The van der Waals surface area contributed by atoms with Crippen molar-refractivity contribution in [3.8, 4) is 11.8 Å². The third-order valence-corrected chi connectivity index (χ3v) is 2.23. The van der Waals surface area contributed by atoms with Crippen LogP contribution in [0.25, 0.3) is 0 Å². The van der Waals surface area contributed by atoms with Crippen LogP contribution in [-0.4, -0.2) is 33.8 Å². The molecule has 2 aromatic rings. The lowest BCUT2D eigenvalue weighted by atomic mass is 10.3. The number of rotatable bonds is 0. The average Bonchev–Trinajstić information content (AvgIpc) is 2.98. The maximum Gasteiger partial charge on any atom is 0.302 e. The number of hydrogen-bond donors (Lipinski definition) is 2. The first-order chi connectivity index (χ1) is 8.93. The van der Waals surface area contributed by atoms with Crippen molar-refractivity contribution in [2.24, 2.45) is 0 Å². The van der Waals surface area contributed by atoms with Crippen molar-refractivity contribution in [1.82, 2.24) is 20.6 Å². The molecule has 96 valence electrons. The summed E-state index contributed by atoms with van der Waals surface area (Å²) in [4.78, 5) is 0. The molecule has 10 heteroatoms. The molecular weight excluding hydrogens is 244 g/mol. The largest absolute Gasteiger partial charge is 0.473 e. The van der Waals surface area contributed by atoms with Crippen LogP contribution in [0.1, 0.15) is 12.8 Å². The van der Waals surface area contributed by atoms with Crippen molar-refractivity contribution in [3.63, 3.8) is 0 Å². The van der Waals surface area contributed by atoms with Crippen molar-refractivity contribution < 1.29 is 18.7 Å². The maximum atomic E-state index is 5.38. The summed E-state index contributed by atoms with van der Waals surface area (Å²) in [5.41, 5.74) is 5.44. The van der Waals surface area contributed by atoms with E-state index in [4.69, 9.17) is 9.47 Å². The van der Waals surface area contributed by atoms with Crippen LogP contribution in [0.3, 0.4) is 0 Å². The normalized spacial score (nSPS) is 15.6. The average molecular weight is 254 g/mol. The number of hydrogen-bond acceptors (Lipinski definition) is 10. The summed E-state index contributed by atoms with van der Waals surface area (Å²) < 4.78 is 19.9. The highest BCUT2D eigenvalue weighted by atomic mass is 16.6. The maximum absolute atomic E-state index is 5.38. The van der Waals surface area contributed by atoms with Gasteiger partial charge in [-0.2, -0.15) is 0 Å². The second kappa shape index (κ2) is 4.77. The molecular formula is C8H10N6O4. The fraction of sp³-hybridized carbons (Fsp3) is 0.500. The molecule has 0 saturated carbocycles. The molecule has 0 amide bonds.